The number of unbranched alkanes of at least 4 members (excludes halogenated alkanes) is 1. The summed E-state index contributed by atoms with van der Waals surface area (Å²) < 4.78 is 35.7. The van der Waals surface area contributed by atoms with Crippen molar-refractivity contribution < 1.29 is 22.3 Å². The van der Waals surface area contributed by atoms with E-state index < -0.39 is 15.0 Å². The van der Waals surface area contributed by atoms with Crippen LogP contribution in [0.15, 0.2) is 46.4 Å². The van der Waals surface area contributed by atoms with Gasteiger partial charge in [0.15, 0.2) is 16.6 Å². The summed E-state index contributed by atoms with van der Waals surface area (Å²) in [7, 11) is -2.97. The van der Waals surface area contributed by atoms with Gasteiger partial charge < -0.3 is 14.2 Å². The van der Waals surface area contributed by atoms with Crippen LogP contribution in [0.4, 0.5) is 5.69 Å². The van der Waals surface area contributed by atoms with E-state index in [9.17, 15) is 18.5 Å². The Hall–Kier alpha value is -3.25. The van der Waals surface area contributed by atoms with E-state index in [4.69, 9.17) is 21.1 Å². The lowest BCUT2D eigenvalue weighted by Gasteiger charge is -2.11. The van der Waals surface area contributed by atoms with Gasteiger partial charge in [-0.05, 0) is 55.4 Å². The Labute approximate surface area is 191 Å². The molecule has 0 saturated heterocycles. The zero-order chi connectivity index (χ0) is 23.7. The fourth-order valence-corrected chi connectivity index (χ4v) is 3.64. The van der Waals surface area contributed by atoms with Crippen LogP contribution >= 0.6 is 12.2 Å². The van der Waals surface area contributed by atoms with Crippen LogP contribution in [0.3, 0.4) is 0 Å². The minimum atomic E-state index is -4.33. The first-order chi connectivity index (χ1) is 15.2. The van der Waals surface area contributed by atoms with Crippen LogP contribution in [0.1, 0.15) is 30.9 Å². The van der Waals surface area contributed by atoms with Crippen molar-refractivity contribution in [3.8, 4) is 11.5 Å². The molecular weight excluding hydrogens is 456 g/mol. The lowest BCUT2D eigenvalue weighted by Crippen LogP contribution is -2.32. The average Bonchev–Trinajstić information content (AvgIpc) is 2.74. The third-order valence-electron chi connectivity index (χ3n) is 4.25. The Morgan fingerprint density at radius 2 is 2.00 bits per heavy atom. The van der Waals surface area contributed by atoms with Gasteiger partial charge in [-0.25, -0.2) is 0 Å². The van der Waals surface area contributed by atoms with Crippen molar-refractivity contribution in [1.82, 2.24) is 10.7 Å². The number of ether oxygens (including phenoxy) is 1. The third kappa shape index (κ3) is 6.89. The van der Waals surface area contributed by atoms with E-state index in [1.807, 2.05) is 0 Å². The lowest BCUT2D eigenvalue weighted by molar-refractivity contribution is -0.385. The number of thiocarbonyl (C=S) groups is 1. The summed E-state index contributed by atoms with van der Waals surface area (Å²) in [5.41, 5.74) is 3.31. The van der Waals surface area contributed by atoms with Gasteiger partial charge in [-0.15, -0.1) is 0 Å². The van der Waals surface area contributed by atoms with E-state index in [0.29, 0.717) is 16.2 Å². The lowest BCUT2D eigenvalue weighted by atomic mass is 10.2. The molecule has 2 N–H and O–H groups in total. The van der Waals surface area contributed by atoms with Crippen LogP contribution in [0.5, 0.6) is 11.5 Å². The number of hydrogen-bond donors (Lipinski definition) is 2. The molecule has 172 valence electrons. The molecule has 0 aliphatic carbocycles. The van der Waals surface area contributed by atoms with E-state index in [1.165, 1.54) is 44.5 Å². The number of rotatable bonds is 10. The predicted octanol–water partition coefficient (Wildman–Crippen LogP) is 3.28. The molecule has 0 aromatic heterocycles. The van der Waals surface area contributed by atoms with Gasteiger partial charge in [0.05, 0.1) is 18.2 Å². The number of aryl methyl sites for hydroxylation is 1. The Bertz CT molecular complexity index is 1120. The van der Waals surface area contributed by atoms with Crippen molar-refractivity contribution in [1.29, 1.82) is 0 Å². The Morgan fingerprint density at radius 1 is 1.25 bits per heavy atom. The number of benzene rings is 2. The maximum atomic E-state index is 12.6. The third-order valence-corrected chi connectivity index (χ3v) is 5.71. The SMILES string of the molecule is CCCCNC(=S)N/N=C\c1ccc(OS(=O)(=O)c2ccc(C)c([N+](=O)[O-])c2)c(OC)c1. The number of hydrogen-bond acceptors (Lipinski definition) is 8. The van der Waals surface area contributed by atoms with Gasteiger partial charge in [0.2, 0.25) is 0 Å². The number of nitro benzene ring substituents is 1. The van der Waals surface area contributed by atoms with Gasteiger partial charge in [0, 0.05) is 18.2 Å². The fraction of sp³-hybridized carbons (Fsp3) is 0.300. The van der Waals surface area contributed by atoms with Crippen molar-refractivity contribution >= 4 is 39.4 Å². The highest BCUT2D eigenvalue weighted by Gasteiger charge is 2.23. The highest BCUT2D eigenvalue weighted by molar-refractivity contribution is 7.87. The fourth-order valence-electron chi connectivity index (χ4n) is 2.52. The maximum Gasteiger partial charge on any atom is 0.339 e. The number of nitro groups is 1. The molecule has 0 heterocycles. The van der Waals surface area contributed by atoms with Crippen LogP contribution in [0.2, 0.25) is 0 Å². The molecule has 0 spiro atoms. The molecule has 0 amide bonds. The highest BCUT2D eigenvalue weighted by atomic mass is 32.2. The molecule has 0 fully saturated rings. The Morgan fingerprint density at radius 3 is 2.66 bits per heavy atom. The first-order valence-electron chi connectivity index (χ1n) is 9.62. The van der Waals surface area contributed by atoms with Crippen molar-refractivity contribution in [3.05, 3.63) is 57.6 Å². The summed E-state index contributed by atoms with van der Waals surface area (Å²) in [6.45, 7) is 4.34. The number of nitrogens with one attached hydrogen (secondary N) is 2. The van der Waals surface area contributed by atoms with Gasteiger partial charge in [0.1, 0.15) is 4.90 Å². The second-order valence-electron chi connectivity index (χ2n) is 6.63. The minimum absolute atomic E-state index is 0.0717. The van der Waals surface area contributed by atoms with Gasteiger partial charge in [-0.1, -0.05) is 19.4 Å². The van der Waals surface area contributed by atoms with Crippen molar-refractivity contribution in [3.63, 3.8) is 0 Å². The minimum Gasteiger partial charge on any atom is -0.493 e. The Kier molecular flexibility index (Phi) is 8.91. The van der Waals surface area contributed by atoms with Crippen LogP contribution in [0.25, 0.3) is 0 Å². The van der Waals surface area contributed by atoms with Crippen LogP contribution in [-0.2, 0) is 10.1 Å². The number of methoxy groups -OCH3 is 1. The van der Waals surface area contributed by atoms with E-state index >= 15 is 0 Å². The zero-order valence-electron chi connectivity index (χ0n) is 17.8. The molecule has 2 aromatic carbocycles. The molecule has 0 unspecified atom stereocenters. The first-order valence-corrected chi connectivity index (χ1v) is 11.4. The average molecular weight is 481 g/mol. The van der Waals surface area contributed by atoms with Gasteiger partial charge in [-0.2, -0.15) is 13.5 Å². The first kappa shape index (κ1) is 25.0. The summed E-state index contributed by atoms with van der Waals surface area (Å²) in [6.07, 6.45) is 3.52. The molecule has 0 saturated carbocycles. The standard InChI is InChI=1S/C20H24N4O6S2/c1-4-5-10-21-20(31)23-22-13-15-7-9-18(19(11-15)29-3)30-32(27,28)16-8-6-14(2)17(12-16)24(25)26/h6-9,11-13H,4-5,10H2,1-3H3,(H2,21,23,31)/b22-13-. The quantitative estimate of drug-likeness (QED) is 0.131. The second-order valence-corrected chi connectivity index (χ2v) is 8.59. The van der Waals surface area contributed by atoms with Crippen LogP contribution in [0, 0.1) is 17.0 Å². The number of hydrazone groups is 1. The molecule has 32 heavy (non-hydrogen) atoms. The van der Waals surface area contributed by atoms with E-state index in [-0.39, 0.29) is 22.1 Å². The van der Waals surface area contributed by atoms with Crippen molar-refractivity contribution in [2.45, 2.75) is 31.6 Å². The van der Waals surface area contributed by atoms with Crippen molar-refractivity contribution in [2.24, 2.45) is 5.10 Å². The summed E-state index contributed by atoms with van der Waals surface area (Å²) in [5.74, 6) is 0.0698. The molecule has 0 aliphatic rings. The molecule has 2 aromatic rings. The van der Waals surface area contributed by atoms with E-state index in [1.54, 1.807) is 6.07 Å². The van der Waals surface area contributed by atoms with E-state index in [2.05, 4.69) is 22.8 Å². The predicted molar refractivity (Wildman–Crippen MR) is 125 cm³/mol. The molecule has 2 rings (SSSR count). The van der Waals surface area contributed by atoms with Crippen molar-refractivity contribution in [2.75, 3.05) is 13.7 Å². The number of nitrogens with zero attached hydrogens (tertiary/aromatic N) is 2. The summed E-state index contributed by atoms with van der Waals surface area (Å²) in [6, 6.07) is 8.05. The topological polar surface area (TPSA) is 132 Å². The van der Waals surface area contributed by atoms with Gasteiger partial charge in [0.25, 0.3) is 5.69 Å². The molecule has 0 aliphatic heterocycles. The molecule has 0 bridgehead atoms. The largest absolute Gasteiger partial charge is 0.493 e. The van der Waals surface area contributed by atoms with Crippen LogP contribution in [-0.4, -0.2) is 38.3 Å². The monoisotopic (exact) mass is 480 g/mol. The summed E-state index contributed by atoms with van der Waals surface area (Å²) in [5, 5.41) is 18.5. The van der Waals surface area contributed by atoms with Crippen LogP contribution < -0.4 is 19.7 Å². The maximum absolute atomic E-state index is 12.6. The molecular formula is C20H24N4O6S2. The summed E-state index contributed by atoms with van der Waals surface area (Å²) in [4.78, 5) is 10.1. The zero-order valence-corrected chi connectivity index (χ0v) is 19.5. The smallest absolute Gasteiger partial charge is 0.339 e. The molecule has 10 nitrogen and oxygen atoms in total. The summed E-state index contributed by atoms with van der Waals surface area (Å²) >= 11 is 5.10. The molecule has 0 atom stereocenters. The van der Waals surface area contributed by atoms with E-state index in [0.717, 1.165) is 25.5 Å². The molecule has 12 heteroatoms. The second kappa shape index (κ2) is 11.4. The molecule has 0 radical (unpaired) electrons. The highest BCUT2D eigenvalue weighted by Crippen LogP contribution is 2.31. The Balaban J connectivity index is 2.16. The normalized spacial score (nSPS) is 11.2. The van der Waals surface area contributed by atoms with Gasteiger partial charge >= 0.3 is 10.1 Å². The van der Waals surface area contributed by atoms with Gasteiger partial charge in [-0.3, -0.25) is 15.5 Å².